The Balaban J connectivity index is 1.30. The Labute approximate surface area is 160 Å². The van der Waals surface area contributed by atoms with Gasteiger partial charge >= 0.3 is 5.63 Å². The van der Waals surface area contributed by atoms with E-state index in [2.05, 4.69) is 5.32 Å². The van der Waals surface area contributed by atoms with E-state index in [0.717, 1.165) is 10.9 Å². The van der Waals surface area contributed by atoms with Crippen LogP contribution in [-0.4, -0.2) is 31.8 Å². The van der Waals surface area contributed by atoms with E-state index in [-0.39, 0.29) is 18.6 Å². The lowest BCUT2D eigenvalue weighted by molar-refractivity contribution is -0.123. The van der Waals surface area contributed by atoms with Crippen LogP contribution in [-0.2, 0) is 4.79 Å². The lowest BCUT2D eigenvalue weighted by Gasteiger charge is -2.26. The summed E-state index contributed by atoms with van der Waals surface area (Å²) in [6, 6.07) is 14.0. The van der Waals surface area contributed by atoms with Crippen LogP contribution >= 0.6 is 0 Å². The molecule has 1 aliphatic rings. The van der Waals surface area contributed by atoms with E-state index in [1.165, 1.54) is 6.07 Å². The summed E-state index contributed by atoms with van der Waals surface area (Å²) in [6.45, 7) is 2.35. The Morgan fingerprint density at radius 3 is 2.86 bits per heavy atom. The molecule has 0 spiro atoms. The second-order valence-electron chi connectivity index (χ2n) is 6.50. The topological polar surface area (TPSA) is 87.0 Å². The molecule has 0 saturated heterocycles. The number of rotatable bonds is 5. The summed E-state index contributed by atoms with van der Waals surface area (Å²) in [5, 5.41) is 3.59. The van der Waals surface area contributed by atoms with Crippen molar-refractivity contribution in [2.24, 2.45) is 0 Å². The lowest BCUT2D eigenvalue weighted by atomic mass is 10.1. The molecule has 28 heavy (non-hydrogen) atoms. The Kier molecular flexibility index (Phi) is 4.89. The summed E-state index contributed by atoms with van der Waals surface area (Å²) in [5.41, 5.74) is 0.831. The first-order valence-corrected chi connectivity index (χ1v) is 8.91. The highest BCUT2D eigenvalue weighted by Gasteiger charge is 2.21. The quantitative estimate of drug-likeness (QED) is 0.683. The van der Waals surface area contributed by atoms with Crippen molar-refractivity contribution in [1.82, 2.24) is 5.32 Å². The zero-order valence-corrected chi connectivity index (χ0v) is 15.3. The first kappa shape index (κ1) is 17.9. The summed E-state index contributed by atoms with van der Waals surface area (Å²) in [6.07, 6.45) is -0.267. The number of benzene rings is 2. The maximum absolute atomic E-state index is 12.1. The molecular weight excluding hydrogens is 362 g/mol. The third kappa shape index (κ3) is 3.93. The number of hydrogen-bond donors (Lipinski definition) is 1. The minimum absolute atomic E-state index is 0.161. The predicted molar refractivity (Wildman–Crippen MR) is 102 cm³/mol. The van der Waals surface area contributed by atoms with Gasteiger partial charge in [-0.25, -0.2) is 4.79 Å². The Morgan fingerprint density at radius 1 is 1.18 bits per heavy atom. The van der Waals surface area contributed by atoms with Gasteiger partial charge in [0.2, 0.25) is 0 Å². The molecule has 0 bridgehead atoms. The SMILES string of the molecule is Cc1cc(=O)oc2cc(OCC(=O)NCC3COc4ccccc4O3)ccc12. The van der Waals surface area contributed by atoms with E-state index in [9.17, 15) is 9.59 Å². The van der Waals surface area contributed by atoms with Crippen molar-refractivity contribution < 1.29 is 23.4 Å². The van der Waals surface area contributed by atoms with Crippen molar-refractivity contribution in [2.45, 2.75) is 13.0 Å². The maximum Gasteiger partial charge on any atom is 0.336 e. The van der Waals surface area contributed by atoms with Crippen LogP contribution in [0.1, 0.15) is 5.56 Å². The number of carbonyl (C=O) groups is 1. The molecule has 1 aliphatic heterocycles. The lowest BCUT2D eigenvalue weighted by Crippen LogP contribution is -2.42. The smallest absolute Gasteiger partial charge is 0.336 e. The molecular formula is C21H19NO6. The highest BCUT2D eigenvalue weighted by Crippen LogP contribution is 2.30. The van der Waals surface area contributed by atoms with Crippen LogP contribution in [0.2, 0.25) is 0 Å². The van der Waals surface area contributed by atoms with E-state index in [1.807, 2.05) is 31.2 Å². The van der Waals surface area contributed by atoms with Crippen LogP contribution in [0.5, 0.6) is 17.2 Å². The largest absolute Gasteiger partial charge is 0.486 e. The molecule has 144 valence electrons. The Morgan fingerprint density at radius 2 is 2.00 bits per heavy atom. The fourth-order valence-electron chi connectivity index (χ4n) is 2.99. The molecule has 7 nitrogen and oxygen atoms in total. The molecule has 3 aromatic rings. The molecule has 2 aromatic carbocycles. The van der Waals surface area contributed by atoms with E-state index in [0.29, 0.717) is 36.0 Å². The Hall–Kier alpha value is -3.48. The van der Waals surface area contributed by atoms with Gasteiger partial charge in [0.25, 0.3) is 5.91 Å². The Bertz CT molecular complexity index is 1070. The molecule has 2 heterocycles. The van der Waals surface area contributed by atoms with Gasteiger partial charge in [0.1, 0.15) is 24.0 Å². The van der Waals surface area contributed by atoms with Crippen molar-refractivity contribution in [2.75, 3.05) is 19.8 Å². The molecule has 4 rings (SSSR count). The molecule has 1 N–H and O–H groups in total. The highest BCUT2D eigenvalue weighted by molar-refractivity contribution is 5.81. The standard InChI is InChI=1S/C21H19NO6/c1-13-8-21(24)28-19-9-14(6-7-16(13)19)25-12-20(23)22-10-15-11-26-17-4-2-3-5-18(17)27-15/h2-9,15H,10-12H2,1H3,(H,22,23). The van der Waals surface area contributed by atoms with Gasteiger partial charge in [0.05, 0.1) is 6.54 Å². The van der Waals surface area contributed by atoms with Gasteiger partial charge in [-0.2, -0.15) is 0 Å². The van der Waals surface area contributed by atoms with E-state index < -0.39 is 5.63 Å². The van der Waals surface area contributed by atoms with E-state index in [1.54, 1.807) is 18.2 Å². The van der Waals surface area contributed by atoms with Crippen LogP contribution < -0.4 is 25.2 Å². The minimum atomic E-state index is -0.420. The molecule has 0 fully saturated rings. The third-order valence-electron chi connectivity index (χ3n) is 4.39. The van der Waals surface area contributed by atoms with Crippen LogP contribution in [0.25, 0.3) is 11.0 Å². The van der Waals surface area contributed by atoms with Crippen molar-refractivity contribution in [3.8, 4) is 17.2 Å². The van der Waals surface area contributed by atoms with Crippen LogP contribution in [0, 0.1) is 6.92 Å². The molecule has 0 aliphatic carbocycles. The maximum atomic E-state index is 12.1. The van der Waals surface area contributed by atoms with Crippen LogP contribution in [0.15, 0.2) is 57.7 Å². The average Bonchev–Trinajstić information content (AvgIpc) is 2.70. The number of aryl methyl sites for hydroxylation is 1. The monoisotopic (exact) mass is 381 g/mol. The predicted octanol–water partition coefficient (Wildman–Crippen LogP) is 2.44. The normalized spacial score (nSPS) is 15.2. The van der Waals surface area contributed by atoms with Crippen molar-refractivity contribution in [3.63, 3.8) is 0 Å². The van der Waals surface area contributed by atoms with Crippen LogP contribution in [0.3, 0.4) is 0 Å². The number of amides is 1. The van der Waals surface area contributed by atoms with Gasteiger partial charge in [0, 0.05) is 17.5 Å². The summed E-state index contributed by atoms with van der Waals surface area (Å²) in [4.78, 5) is 23.6. The zero-order valence-electron chi connectivity index (χ0n) is 15.3. The molecule has 0 radical (unpaired) electrons. The number of carbonyl (C=O) groups excluding carboxylic acids is 1. The van der Waals surface area contributed by atoms with E-state index in [4.69, 9.17) is 18.6 Å². The fraction of sp³-hybridized carbons (Fsp3) is 0.238. The van der Waals surface area contributed by atoms with Gasteiger partial charge < -0.3 is 23.9 Å². The second-order valence-corrected chi connectivity index (χ2v) is 6.50. The number of nitrogens with one attached hydrogen (secondary N) is 1. The summed E-state index contributed by atoms with van der Waals surface area (Å²) >= 11 is 0. The van der Waals surface area contributed by atoms with Crippen molar-refractivity contribution in [3.05, 3.63) is 64.5 Å². The zero-order chi connectivity index (χ0) is 19.5. The second kappa shape index (κ2) is 7.64. The third-order valence-corrected chi connectivity index (χ3v) is 4.39. The number of fused-ring (bicyclic) bond motifs is 2. The van der Waals surface area contributed by atoms with Crippen molar-refractivity contribution in [1.29, 1.82) is 0 Å². The van der Waals surface area contributed by atoms with Gasteiger partial charge in [0.15, 0.2) is 18.1 Å². The average molecular weight is 381 g/mol. The van der Waals surface area contributed by atoms with Gasteiger partial charge in [-0.3, -0.25) is 4.79 Å². The van der Waals surface area contributed by atoms with Crippen molar-refractivity contribution >= 4 is 16.9 Å². The van der Waals surface area contributed by atoms with Gasteiger partial charge in [-0.05, 0) is 36.8 Å². The molecule has 1 atom stereocenters. The summed E-state index contributed by atoms with van der Waals surface area (Å²) in [7, 11) is 0. The van der Waals surface area contributed by atoms with Crippen LogP contribution in [0.4, 0.5) is 0 Å². The van der Waals surface area contributed by atoms with Gasteiger partial charge in [-0.15, -0.1) is 0 Å². The minimum Gasteiger partial charge on any atom is -0.486 e. The molecule has 1 aromatic heterocycles. The van der Waals surface area contributed by atoms with E-state index >= 15 is 0 Å². The highest BCUT2D eigenvalue weighted by atomic mass is 16.6. The summed E-state index contributed by atoms with van der Waals surface area (Å²) in [5.74, 6) is 1.53. The fourth-order valence-corrected chi connectivity index (χ4v) is 2.99. The number of hydrogen-bond acceptors (Lipinski definition) is 6. The molecule has 1 amide bonds. The molecule has 7 heteroatoms. The summed E-state index contributed by atoms with van der Waals surface area (Å²) < 4.78 is 22.1. The van der Waals surface area contributed by atoms with Gasteiger partial charge in [-0.1, -0.05) is 12.1 Å². The molecule has 0 saturated carbocycles. The number of ether oxygens (including phenoxy) is 3. The molecule has 1 unspecified atom stereocenters. The first-order chi connectivity index (χ1) is 13.6. The number of para-hydroxylation sites is 2. The first-order valence-electron chi connectivity index (χ1n) is 8.91.